The van der Waals surface area contributed by atoms with Crippen LogP contribution in [-0.4, -0.2) is 22.8 Å². The van der Waals surface area contributed by atoms with Gasteiger partial charge in [-0.25, -0.2) is 0 Å². The molecule has 1 aromatic carbocycles. The summed E-state index contributed by atoms with van der Waals surface area (Å²) in [7, 11) is 0. The Kier molecular flexibility index (Phi) is 3.93. The minimum absolute atomic E-state index is 0.443. The number of aromatic nitrogens is 1. The molecule has 1 saturated heterocycles. The van der Waals surface area contributed by atoms with Gasteiger partial charge in [-0.2, -0.15) is 0 Å². The minimum atomic E-state index is 0.443. The Balaban J connectivity index is 1.83. The molecule has 3 heterocycles. The second-order valence-electron chi connectivity index (χ2n) is 5.87. The Morgan fingerprint density at radius 3 is 2.87 bits per heavy atom. The van der Waals surface area contributed by atoms with Crippen molar-refractivity contribution in [1.29, 1.82) is 0 Å². The zero-order valence-corrected chi connectivity index (χ0v) is 14.3. The van der Waals surface area contributed by atoms with E-state index in [4.69, 9.17) is 22.7 Å². The Bertz CT molecular complexity index is 859. The summed E-state index contributed by atoms with van der Waals surface area (Å²) in [5.74, 6) is 0. The van der Waals surface area contributed by atoms with E-state index < -0.39 is 0 Å². The summed E-state index contributed by atoms with van der Waals surface area (Å²) >= 11 is 6.91. The topological polar surface area (TPSA) is 40.2 Å². The summed E-state index contributed by atoms with van der Waals surface area (Å²) in [6.07, 6.45) is 4.44. The van der Waals surface area contributed by atoms with Gasteiger partial charge in [0.25, 0.3) is 0 Å². The molecule has 0 aliphatic carbocycles. The average molecular weight is 342 g/mol. The number of fused-ring (bicyclic) bond motifs is 1. The molecule has 0 atom stereocenters. The van der Waals surface area contributed by atoms with Gasteiger partial charge < -0.3 is 15.0 Å². The van der Waals surface area contributed by atoms with Crippen LogP contribution in [0.2, 0.25) is 0 Å². The van der Waals surface area contributed by atoms with Crippen molar-refractivity contribution in [3.8, 4) is 11.1 Å². The van der Waals surface area contributed by atoms with Crippen LogP contribution in [0, 0.1) is 0 Å². The van der Waals surface area contributed by atoms with E-state index in [1.165, 1.54) is 21.3 Å². The number of hydrogen-bond acceptors (Lipinski definition) is 3. The van der Waals surface area contributed by atoms with Crippen molar-refractivity contribution in [3.05, 3.63) is 47.5 Å². The molecule has 4 rings (SSSR count). The van der Waals surface area contributed by atoms with Crippen LogP contribution < -0.4 is 5.73 Å². The molecule has 0 saturated carbocycles. The Hall–Kier alpha value is -1.69. The summed E-state index contributed by atoms with van der Waals surface area (Å²) in [5, 5.41) is 2.17. The van der Waals surface area contributed by atoms with Gasteiger partial charge in [-0.3, -0.25) is 0 Å². The van der Waals surface area contributed by atoms with Gasteiger partial charge in [-0.1, -0.05) is 30.4 Å². The fourth-order valence-corrected chi connectivity index (χ4v) is 4.34. The molecule has 3 aromatic rings. The van der Waals surface area contributed by atoms with Crippen molar-refractivity contribution in [3.63, 3.8) is 0 Å². The van der Waals surface area contributed by atoms with Gasteiger partial charge in [0.1, 0.15) is 4.99 Å². The highest BCUT2D eigenvalue weighted by Gasteiger charge is 2.20. The summed E-state index contributed by atoms with van der Waals surface area (Å²) < 4.78 is 9.27. The molecule has 2 aromatic heterocycles. The lowest BCUT2D eigenvalue weighted by Gasteiger charge is -2.24. The quantitative estimate of drug-likeness (QED) is 0.719. The Morgan fingerprint density at radius 1 is 1.26 bits per heavy atom. The number of nitrogens with two attached hydrogens (primary N) is 1. The summed E-state index contributed by atoms with van der Waals surface area (Å²) in [5.41, 5.74) is 10.5. The smallest absolute Gasteiger partial charge is 0.104 e. The molecule has 23 heavy (non-hydrogen) atoms. The van der Waals surface area contributed by atoms with E-state index in [-0.39, 0.29) is 0 Å². The largest absolute Gasteiger partial charge is 0.389 e. The lowest BCUT2D eigenvalue weighted by molar-refractivity contribution is 0.0707. The van der Waals surface area contributed by atoms with Crippen molar-refractivity contribution in [2.45, 2.75) is 18.9 Å². The predicted molar refractivity (Wildman–Crippen MR) is 100 cm³/mol. The highest BCUT2D eigenvalue weighted by atomic mass is 32.1. The standard InChI is InChI=1S/C18H18N2OS2/c19-18(22)13-3-1-2-12(10-13)15-11-20(14-4-7-21-8-5-14)16-6-9-23-17(15)16/h1-3,6,9-11,14H,4-5,7-8H2,(H2,19,22). The number of nitrogens with zero attached hydrogens (tertiary/aromatic N) is 1. The molecule has 1 aliphatic rings. The van der Waals surface area contributed by atoms with Crippen LogP contribution >= 0.6 is 23.6 Å². The lowest BCUT2D eigenvalue weighted by Crippen LogP contribution is -2.18. The van der Waals surface area contributed by atoms with E-state index in [0.717, 1.165) is 31.6 Å². The zero-order valence-electron chi connectivity index (χ0n) is 12.7. The first-order chi connectivity index (χ1) is 11.2. The van der Waals surface area contributed by atoms with Crippen LogP contribution in [0.5, 0.6) is 0 Å². The molecule has 118 valence electrons. The molecule has 0 unspecified atom stereocenters. The third-order valence-electron chi connectivity index (χ3n) is 4.48. The molecule has 2 N–H and O–H groups in total. The second-order valence-corrected chi connectivity index (χ2v) is 7.23. The highest BCUT2D eigenvalue weighted by molar-refractivity contribution is 7.80. The van der Waals surface area contributed by atoms with Crippen LogP contribution in [-0.2, 0) is 4.74 Å². The molecule has 0 spiro atoms. The predicted octanol–water partition coefficient (Wildman–Crippen LogP) is 4.36. The molecule has 0 amide bonds. The second kappa shape index (κ2) is 6.07. The number of thiophene rings is 1. The molecular weight excluding hydrogens is 324 g/mol. The van der Waals surface area contributed by atoms with E-state index in [9.17, 15) is 0 Å². The summed E-state index contributed by atoms with van der Waals surface area (Å²) in [6, 6.07) is 10.9. The van der Waals surface area contributed by atoms with Crippen molar-refractivity contribution in [2.75, 3.05) is 13.2 Å². The SMILES string of the molecule is NC(=S)c1cccc(-c2cn(C3CCOCC3)c3ccsc23)c1. The normalized spacial score (nSPS) is 16.0. The fourth-order valence-electron chi connectivity index (χ4n) is 3.29. The van der Waals surface area contributed by atoms with Crippen LogP contribution in [0.3, 0.4) is 0 Å². The van der Waals surface area contributed by atoms with Crippen molar-refractivity contribution < 1.29 is 4.74 Å². The molecule has 3 nitrogen and oxygen atoms in total. The van der Waals surface area contributed by atoms with E-state index >= 15 is 0 Å². The third-order valence-corrected chi connectivity index (χ3v) is 5.65. The van der Waals surface area contributed by atoms with E-state index in [0.29, 0.717) is 11.0 Å². The van der Waals surface area contributed by atoms with Gasteiger partial charge in [0, 0.05) is 36.6 Å². The number of hydrogen-bond donors (Lipinski definition) is 1. The molecular formula is C18H18N2OS2. The van der Waals surface area contributed by atoms with Gasteiger partial charge in [-0.15, -0.1) is 11.3 Å². The third kappa shape index (κ3) is 2.69. The Morgan fingerprint density at radius 2 is 2.09 bits per heavy atom. The van der Waals surface area contributed by atoms with Gasteiger partial charge in [-0.05, 0) is 35.9 Å². The first-order valence-corrected chi connectivity index (χ1v) is 9.09. The lowest BCUT2D eigenvalue weighted by atomic mass is 10.1. The summed E-state index contributed by atoms with van der Waals surface area (Å²) in [4.78, 5) is 0.443. The highest BCUT2D eigenvalue weighted by Crippen LogP contribution is 2.38. The van der Waals surface area contributed by atoms with E-state index in [1.54, 1.807) is 11.3 Å². The Labute approximate surface area is 144 Å². The van der Waals surface area contributed by atoms with Crippen LogP contribution in [0.15, 0.2) is 41.9 Å². The molecule has 5 heteroatoms. The van der Waals surface area contributed by atoms with E-state index in [1.807, 2.05) is 12.1 Å². The number of benzene rings is 1. The number of rotatable bonds is 3. The van der Waals surface area contributed by atoms with Gasteiger partial charge >= 0.3 is 0 Å². The first-order valence-electron chi connectivity index (χ1n) is 7.80. The molecule has 0 radical (unpaired) electrons. The maximum Gasteiger partial charge on any atom is 0.104 e. The first kappa shape index (κ1) is 14.9. The van der Waals surface area contributed by atoms with Crippen molar-refractivity contribution >= 4 is 38.8 Å². The van der Waals surface area contributed by atoms with Gasteiger partial charge in [0.15, 0.2) is 0 Å². The zero-order chi connectivity index (χ0) is 15.8. The fraction of sp³-hybridized carbons (Fsp3) is 0.278. The van der Waals surface area contributed by atoms with Gasteiger partial charge in [0.2, 0.25) is 0 Å². The number of thiocarbonyl (C=S) groups is 1. The number of ether oxygens (including phenoxy) is 1. The van der Waals surface area contributed by atoms with Crippen LogP contribution in [0.4, 0.5) is 0 Å². The molecule has 1 fully saturated rings. The maximum atomic E-state index is 5.79. The average Bonchev–Trinajstić information content (AvgIpc) is 3.18. The molecule has 1 aliphatic heterocycles. The maximum absolute atomic E-state index is 5.79. The molecule has 0 bridgehead atoms. The summed E-state index contributed by atoms with van der Waals surface area (Å²) in [6.45, 7) is 1.70. The minimum Gasteiger partial charge on any atom is -0.389 e. The van der Waals surface area contributed by atoms with Gasteiger partial charge in [0.05, 0.1) is 10.2 Å². The van der Waals surface area contributed by atoms with Crippen LogP contribution in [0.1, 0.15) is 24.4 Å². The van der Waals surface area contributed by atoms with Crippen molar-refractivity contribution in [2.24, 2.45) is 5.73 Å². The monoisotopic (exact) mass is 342 g/mol. The van der Waals surface area contributed by atoms with E-state index in [2.05, 4.69) is 34.3 Å². The van der Waals surface area contributed by atoms with Crippen LogP contribution in [0.25, 0.3) is 21.3 Å². The van der Waals surface area contributed by atoms with Crippen molar-refractivity contribution in [1.82, 2.24) is 4.57 Å².